The Morgan fingerprint density at radius 1 is 1.44 bits per heavy atom. The van der Waals surface area contributed by atoms with Gasteiger partial charge in [0.05, 0.1) is 20.0 Å². The number of nitrogen functional groups attached to an aromatic ring is 1. The molecule has 2 rings (SSSR count). The van der Waals surface area contributed by atoms with E-state index in [1.165, 1.54) is 29.5 Å². The number of hydrogen-bond donors (Lipinski definition) is 2. The van der Waals surface area contributed by atoms with Crippen molar-refractivity contribution in [2.45, 2.75) is 6.92 Å². The number of hydrogen-bond acceptors (Lipinski definition) is 3. The summed E-state index contributed by atoms with van der Waals surface area (Å²) in [6, 6.07) is 5.62. The van der Waals surface area contributed by atoms with Crippen LogP contribution in [0.2, 0.25) is 0 Å². The van der Waals surface area contributed by atoms with Crippen molar-refractivity contribution in [1.82, 2.24) is 0 Å². The highest BCUT2D eigenvalue weighted by Gasteiger charge is 2.13. The Balaban J connectivity index is 2.23. The molecule has 0 fully saturated rings. The smallest absolute Gasteiger partial charge is 0.265 e. The lowest BCUT2D eigenvalue weighted by molar-refractivity contribution is 0.103. The van der Waals surface area contributed by atoms with Crippen molar-refractivity contribution < 1.29 is 9.18 Å². The molecular formula is C12H10BrFN2OS. The summed E-state index contributed by atoms with van der Waals surface area (Å²) < 4.78 is 14.0. The van der Waals surface area contributed by atoms with E-state index in [-0.39, 0.29) is 11.6 Å². The Hall–Kier alpha value is -1.40. The lowest BCUT2D eigenvalue weighted by Gasteiger charge is -2.06. The number of halogens is 2. The number of thiophene rings is 1. The molecule has 3 nitrogen and oxygen atoms in total. The highest BCUT2D eigenvalue weighted by Crippen LogP contribution is 2.28. The molecule has 18 heavy (non-hydrogen) atoms. The number of amides is 1. The lowest BCUT2D eigenvalue weighted by Crippen LogP contribution is -2.11. The molecule has 0 unspecified atom stereocenters. The molecule has 1 amide bonds. The molecule has 2 aromatic rings. The van der Waals surface area contributed by atoms with Crippen molar-refractivity contribution >= 4 is 44.5 Å². The number of anilines is 2. The molecule has 0 aliphatic heterocycles. The van der Waals surface area contributed by atoms with Crippen LogP contribution in [-0.4, -0.2) is 5.91 Å². The summed E-state index contributed by atoms with van der Waals surface area (Å²) in [7, 11) is 0. The summed E-state index contributed by atoms with van der Waals surface area (Å²) in [6.45, 7) is 1.90. The molecule has 1 heterocycles. The van der Waals surface area contributed by atoms with E-state index in [0.29, 0.717) is 10.6 Å². The van der Waals surface area contributed by atoms with Crippen LogP contribution in [0, 0.1) is 12.7 Å². The third kappa shape index (κ3) is 2.70. The third-order valence-electron chi connectivity index (χ3n) is 2.34. The lowest BCUT2D eigenvalue weighted by atomic mass is 10.2. The molecule has 94 valence electrons. The fourth-order valence-electron chi connectivity index (χ4n) is 1.39. The predicted octanol–water partition coefficient (Wildman–Crippen LogP) is 3.79. The van der Waals surface area contributed by atoms with Crippen molar-refractivity contribution in [3.05, 3.63) is 44.3 Å². The minimum absolute atomic E-state index is 0.280. The van der Waals surface area contributed by atoms with Crippen molar-refractivity contribution in [1.29, 1.82) is 0 Å². The second-order valence-electron chi connectivity index (χ2n) is 3.75. The van der Waals surface area contributed by atoms with E-state index in [2.05, 4.69) is 21.2 Å². The molecule has 3 N–H and O–H groups in total. The minimum Gasteiger partial charge on any atom is -0.397 e. The Morgan fingerprint density at radius 2 is 2.17 bits per heavy atom. The van der Waals surface area contributed by atoms with Gasteiger partial charge in [0.15, 0.2) is 0 Å². The van der Waals surface area contributed by atoms with E-state index in [0.717, 1.165) is 9.35 Å². The Kier molecular flexibility index (Phi) is 3.68. The molecule has 6 heteroatoms. The van der Waals surface area contributed by atoms with Gasteiger partial charge in [-0.25, -0.2) is 4.39 Å². The Bertz CT molecular complexity index is 593. The second-order valence-corrected chi connectivity index (χ2v) is 6.12. The van der Waals surface area contributed by atoms with Crippen LogP contribution in [0.1, 0.15) is 15.2 Å². The summed E-state index contributed by atoms with van der Waals surface area (Å²) >= 11 is 4.67. The predicted molar refractivity (Wildman–Crippen MR) is 75.5 cm³/mol. The SMILES string of the molecule is Cc1cc(C(=O)Nc2cc(F)ccc2N)sc1Br. The highest BCUT2D eigenvalue weighted by atomic mass is 79.9. The number of aryl methyl sites for hydroxylation is 1. The zero-order chi connectivity index (χ0) is 13.3. The van der Waals surface area contributed by atoms with Gasteiger partial charge < -0.3 is 11.1 Å². The normalized spacial score (nSPS) is 10.4. The van der Waals surface area contributed by atoms with Gasteiger partial charge in [-0.15, -0.1) is 11.3 Å². The maximum absolute atomic E-state index is 13.1. The van der Waals surface area contributed by atoms with Crippen LogP contribution in [0.3, 0.4) is 0 Å². The standard InChI is InChI=1S/C12H10BrFN2OS/c1-6-4-10(18-11(6)13)12(17)16-9-5-7(14)2-3-8(9)15/h2-5H,15H2,1H3,(H,16,17). The number of rotatable bonds is 2. The average Bonchev–Trinajstić information content (AvgIpc) is 2.64. The summed E-state index contributed by atoms with van der Waals surface area (Å²) in [4.78, 5) is 12.5. The number of carbonyl (C=O) groups excluding carboxylic acids is 1. The maximum Gasteiger partial charge on any atom is 0.265 e. The van der Waals surface area contributed by atoms with Crippen molar-refractivity contribution in [2.75, 3.05) is 11.1 Å². The molecule has 0 radical (unpaired) electrons. The molecule has 1 aromatic heterocycles. The Labute approximate surface area is 116 Å². The van der Waals surface area contributed by atoms with Gasteiger partial charge in [-0.2, -0.15) is 0 Å². The summed E-state index contributed by atoms with van der Waals surface area (Å²) in [5.74, 6) is -0.742. The largest absolute Gasteiger partial charge is 0.397 e. The molecule has 0 aliphatic carbocycles. The summed E-state index contributed by atoms with van der Waals surface area (Å²) in [6.07, 6.45) is 0. The van der Waals surface area contributed by atoms with Gasteiger partial charge in [0, 0.05) is 0 Å². The fraction of sp³-hybridized carbons (Fsp3) is 0.0833. The molecule has 0 spiro atoms. The maximum atomic E-state index is 13.1. The van der Waals surface area contributed by atoms with Crippen LogP contribution in [-0.2, 0) is 0 Å². The zero-order valence-electron chi connectivity index (χ0n) is 9.46. The summed E-state index contributed by atoms with van der Waals surface area (Å²) in [5, 5.41) is 2.59. The number of carbonyl (C=O) groups is 1. The van der Waals surface area contributed by atoms with Crippen molar-refractivity contribution in [3.8, 4) is 0 Å². The van der Waals surface area contributed by atoms with Gasteiger partial charge in [0.1, 0.15) is 5.82 Å². The van der Waals surface area contributed by atoms with Crippen LogP contribution in [0.25, 0.3) is 0 Å². The van der Waals surface area contributed by atoms with E-state index in [1.54, 1.807) is 6.07 Å². The first-order valence-electron chi connectivity index (χ1n) is 5.09. The van der Waals surface area contributed by atoms with Gasteiger partial charge in [-0.1, -0.05) is 0 Å². The number of nitrogens with two attached hydrogens (primary N) is 1. The van der Waals surface area contributed by atoms with Gasteiger partial charge in [-0.3, -0.25) is 4.79 Å². The van der Waals surface area contributed by atoms with Gasteiger partial charge in [0.2, 0.25) is 0 Å². The molecular weight excluding hydrogens is 319 g/mol. The molecule has 0 atom stereocenters. The van der Waals surface area contributed by atoms with Crippen LogP contribution < -0.4 is 11.1 Å². The van der Waals surface area contributed by atoms with Gasteiger partial charge in [0.25, 0.3) is 5.91 Å². The third-order valence-corrected chi connectivity index (χ3v) is 4.48. The molecule has 0 saturated carbocycles. The van der Waals surface area contributed by atoms with Gasteiger partial charge in [-0.05, 0) is 52.7 Å². The van der Waals surface area contributed by atoms with Crippen LogP contribution in [0.5, 0.6) is 0 Å². The quantitative estimate of drug-likeness (QED) is 0.824. The summed E-state index contributed by atoms with van der Waals surface area (Å²) in [5.41, 5.74) is 7.26. The van der Waals surface area contributed by atoms with E-state index < -0.39 is 5.82 Å². The molecule has 0 aliphatic rings. The average molecular weight is 329 g/mol. The molecule has 0 saturated heterocycles. The van der Waals surface area contributed by atoms with E-state index >= 15 is 0 Å². The van der Waals surface area contributed by atoms with Crippen molar-refractivity contribution in [3.63, 3.8) is 0 Å². The monoisotopic (exact) mass is 328 g/mol. The van der Waals surface area contributed by atoms with Crippen molar-refractivity contribution in [2.24, 2.45) is 0 Å². The van der Waals surface area contributed by atoms with E-state index in [9.17, 15) is 9.18 Å². The van der Waals surface area contributed by atoms with E-state index in [1.807, 2.05) is 6.92 Å². The first kappa shape index (κ1) is 13.0. The minimum atomic E-state index is -0.442. The Morgan fingerprint density at radius 3 is 2.78 bits per heavy atom. The fourth-order valence-corrected chi connectivity index (χ4v) is 2.82. The van der Waals surface area contributed by atoms with Crippen LogP contribution in [0.15, 0.2) is 28.1 Å². The van der Waals surface area contributed by atoms with Crippen LogP contribution in [0.4, 0.5) is 15.8 Å². The first-order chi connectivity index (χ1) is 8.47. The number of benzene rings is 1. The zero-order valence-corrected chi connectivity index (χ0v) is 11.9. The second kappa shape index (κ2) is 5.07. The highest BCUT2D eigenvalue weighted by molar-refractivity contribution is 9.11. The van der Waals surface area contributed by atoms with E-state index in [4.69, 9.17) is 5.73 Å². The van der Waals surface area contributed by atoms with Gasteiger partial charge >= 0.3 is 0 Å². The molecule has 1 aromatic carbocycles. The number of nitrogens with one attached hydrogen (secondary N) is 1. The first-order valence-corrected chi connectivity index (χ1v) is 6.70. The molecule has 0 bridgehead atoms. The van der Waals surface area contributed by atoms with Crippen LogP contribution >= 0.6 is 27.3 Å². The topological polar surface area (TPSA) is 55.1 Å².